The first-order valence-corrected chi connectivity index (χ1v) is 15.0. The lowest BCUT2D eigenvalue weighted by molar-refractivity contribution is 0.594. The van der Waals surface area contributed by atoms with Crippen LogP contribution in [0.4, 0.5) is 0 Å². The van der Waals surface area contributed by atoms with Gasteiger partial charge in [-0.05, 0) is 68.1 Å². The van der Waals surface area contributed by atoms with Crippen molar-refractivity contribution in [3.05, 3.63) is 121 Å². The van der Waals surface area contributed by atoms with E-state index in [1.54, 1.807) is 12.1 Å². The summed E-state index contributed by atoms with van der Waals surface area (Å²) in [5.74, 6) is 0.856. The lowest BCUT2D eigenvalue weighted by atomic mass is 9.86. The smallest absolute Gasteiger partial charge is 0.210 e. The molecule has 0 saturated heterocycles. The Kier molecular flexibility index (Phi) is 4.85. The lowest BCUT2D eigenvalue weighted by Gasteiger charge is -2.23. The molecule has 5 heteroatoms. The van der Waals surface area contributed by atoms with E-state index in [2.05, 4.69) is 78.9 Å². The number of rotatable bonds is 3. The highest BCUT2D eigenvalue weighted by Gasteiger charge is 2.33. The SMILES string of the molecule is CCc1nc2cccc3c2n1-c1ccc(-c2c4ccccc4c(-c4ccccc4)c4ccccc24)cc1S3(=O)=O. The van der Waals surface area contributed by atoms with Crippen molar-refractivity contribution >= 4 is 42.4 Å². The molecule has 192 valence electrons. The Hall–Kier alpha value is -4.74. The molecule has 1 aliphatic rings. The van der Waals surface area contributed by atoms with E-state index in [0.29, 0.717) is 32.9 Å². The minimum absolute atomic E-state index is 0.316. The van der Waals surface area contributed by atoms with Gasteiger partial charge in [0.05, 0.1) is 26.5 Å². The Labute approximate surface area is 232 Å². The van der Waals surface area contributed by atoms with Crippen molar-refractivity contribution in [3.8, 4) is 27.9 Å². The van der Waals surface area contributed by atoms with E-state index in [1.807, 2.05) is 35.8 Å². The molecule has 0 spiro atoms. The van der Waals surface area contributed by atoms with E-state index in [4.69, 9.17) is 4.98 Å². The number of hydrogen-bond donors (Lipinski definition) is 0. The molecular formula is C35H24N2O2S. The zero-order chi connectivity index (χ0) is 27.0. The zero-order valence-electron chi connectivity index (χ0n) is 21.8. The number of imidazole rings is 1. The number of nitrogens with zero attached hydrogens (tertiary/aromatic N) is 2. The normalized spacial score (nSPS) is 13.6. The number of para-hydroxylation sites is 1. The first kappa shape index (κ1) is 23.2. The minimum Gasteiger partial charge on any atom is -0.294 e. The van der Waals surface area contributed by atoms with Crippen LogP contribution in [0.1, 0.15) is 12.7 Å². The van der Waals surface area contributed by atoms with Crippen molar-refractivity contribution in [3.63, 3.8) is 0 Å². The van der Waals surface area contributed by atoms with Crippen LogP contribution < -0.4 is 0 Å². The summed E-state index contributed by atoms with van der Waals surface area (Å²) in [6.07, 6.45) is 0.700. The van der Waals surface area contributed by atoms with E-state index in [-0.39, 0.29) is 0 Å². The summed E-state index contributed by atoms with van der Waals surface area (Å²) in [7, 11) is -3.75. The van der Waals surface area contributed by atoms with Gasteiger partial charge in [-0.15, -0.1) is 0 Å². The highest BCUT2D eigenvalue weighted by molar-refractivity contribution is 7.92. The van der Waals surface area contributed by atoms with Crippen LogP contribution in [-0.2, 0) is 16.3 Å². The van der Waals surface area contributed by atoms with Crippen molar-refractivity contribution in [1.82, 2.24) is 9.55 Å². The van der Waals surface area contributed by atoms with Gasteiger partial charge in [-0.25, -0.2) is 13.4 Å². The number of hydrogen-bond acceptors (Lipinski definition) is 3. The molecule has 0 radical (unpaired) electrons. The number of aryl methyl sites for hydroxylation is 1. The van der Waals surface area contributed by atoms with Crippen LogP contribution in [0.2, 0.25) is 0 Å². The molecule has 4 nitrogen and oxygen atoms in total. The van der Waals surface area contributed by atoms with Gasteiger partial charge in [0.2, 0.25) is 9.84 Å². The van der Waals surface area contributed by atoms with Crippen LogP contribution in [0.15, 0.2) is 125 Å². The maximum atomic E-state index is 14.1. The van der Waals surface area contributed by atoms with Gasteiger partial charge < -0.3 is 0 Å². The Morgan fingerprint density at radius 1 is 0.625 bits per heavy atom. The Bertz CT molecular complexity index is 2210. The molecule has 0 N–H and O–H groups in total. The van der Waals surface area contributed by atoms with E-state index >= 15 is 0 Å². The molecule has 8 rings (SSSR count). The average Bonchev–Trinajstić information content (AvgIpc) is 3.38. The molecule has 2 heterocycles. The predicted molar refractivity (Wildman–Crippen MR) is 162 cm³/mol. The summed E-state index contributed by atoms with van der Waals surface area (Å²) < 4.78 is 30.2. The van der Waals surface area contributed by atoms with Gasteiger partial charge in [0, 0.05) is 6.42 Å². The first-order valence-electron chi connectivity index (χ1n) is 13.5. The van der Waals surface area contributed by atoms with E-state index in [1.165, 1.54) is 5.56 Å². The first-order chi connectivity index (χ1) is 19.6. The van der Waals surface area contributed by atoms with Crippen LogP contribution in [0.25, 0.3) is 60.5 Å². The van der Waals surface area contributed by atoms with Crippen LogP contribution in [0, 0.1) is 0 Å². The maximum Gasteiger partial charge on any atom is 0.210 e. The van der Waals surface area contributed by atoms with Crippen LogP contribution in [0.3, 0.4) is 0 Å². The van der Waals surface area contributed by atoms with Gasteiger partial charge in [0.25, 0.3) is 0 Å². The molecule has 40 heavy (non-hydrogen) atoms. The molecule has 0 atom stereocenters. The third-order valence-corrected chi connectivity index (χ3v) is 9.90. The van der Waals surface area contributed by atoms with Gasteiger partial charge in [0.1, 0.15) is 5.82 Å². The fraction of sp³-hybridized carbons (Fsp3) is 0.0571. The molecule has 0 bridgehead atoms. The van der Waals surface area contributed by atoms with Gasteiger partial charge in [-0.3, -0.25) is 4.57 Å². The quantitative estimate of drug-likeness (QED) is 0.213. The minimum atomic E-state index is -3.75. The molecule has 0 fully saturated rings. The van der Waals surface area contributed by atoms with Crippen LogP contribution in [-0.4, -0.2) is 18.0 Å². The second-order valence-electron chi connectivity index (χ2n) is 10.2. The fourth-order valence-corrected chi connectivity index (χ4v) is 8.06. The third-order valence-electron chi connectivity index (χ3n) is 8.09. The predicted octanol–water partition coefficient (Wildman–Crippen LogP) is 8.37. The number of aromatic nitrogens is 2. The van der Waals surface area contributed by atoms with Crippen molar-refractivity contribution in [1.29, 1.82) is 0 Å². The van der Waals surface area contributed by atoms with Gasteiger partial charge in [-0.1, -0.05) is 97.9 Å². The number of sulfone groups is 1. The van der Waals surface area contributed by atoms with Gasteiger partial charge in [0.15, 0.2) is 0 Å². The van der Waals surface area contributed by atoms with Crippen molar-refractivity contribution < 1.29 is 8.42 Å². The summed E-state index contributed by atoms with van der Waals surface area (Å²) in [5, 5.41) is 4.46. The fourth-order valence-electron chi connectivity index (χ4n) is 6.40. The Balaban J connectivity index is 1.48. The van der Waals surface area contributed by atoms with Gasteiger partial charge in [-0.2, -0.15) is 0 Å². The van der Waals surface area contributed by atoms with E-state index in [0.717, 1.165) is 44.1 Å². The molecule has 1 aromatic heterocycles. The average molecular weight is 537 g/mol. The van der Waals surface area contributed by atoms with E-state index < -0.39 is 9.84 Å². The highest BCUT2D eigenvalue weighted by Crippen LogP contribution is 2.46. The molecule has 0 unspecified atom stereocenters. The molecule has 6 aromatic carbocycles. The summed E-state index contributed by atoms with van der Waals surface area (Å²) in [6, 6.07) is 38.5. The van der Waals surface area contributed by atoms with Crippen molar-refractivity contribution in [2.45, 2.75) is 23.1 Å². The molecular weight excluding hydrogens is 512 g/mol. The third kappa shape index (κ3) is 3.07. The summed E-state index contributed by atoms with van der Waals surface area (Å²) in [6.45, 7) is 2.05. The molecule has 0 amide bonds. The van der Waals surface area contributed by atoms with Crippen LogP contribution in [0.5, 0.6) is 0 Å². The summed E-state index contributed by atoms with van der Waals surface area (Å²) in [4.78, 5) is 5.40. The van der Waals surface area contributed by atoms with E-state index in [9.17, 15) is 8.42 Å². The number of benzene rings is 6. The Morgan fingerprint density at radius 3 is 1.85 bits per heavy atom. The monoisotopic (exact) mass is 536 g/mol. The second kappa shape index (κ2) is 8.38. The highest BCUT2D eigenvalue weighted by atomic mass is 32.2. The molecule has 1 aliphatic heterocycles. The lowest BCUT2D eigenvalue weighted by Crippen LogP contribution is -2.16. The Morgan fingerprint density at radius 2 is 1.23 bits per heavy atom. The maximum absolute atomic E-state index is 14.1. The van der Waals surface area contributed by atoms with Gasteiger partial charge >= 0.3 is 0 Å². The standard InChI is InChI=1S/C35H24N2O2S/c1-2-32-36-28-17-10-18-30-35(28)37(32)29-20-19-23(21-31(29)40(30,38)39)34-26-15-8-6-13-24(26)33(22-11-4-3-5-12-22)25-14-7-9-16-27(25)34/h3-21H,2H2,1H3. The van der Waals surface area contributed by atoms with Crippen molar-refractivity contribution in [2.75, 3.05) is 0 Å². The summed E-state index contributed by atoms with van der Waals surface area (Å²) in [5.41, 5.74) is 6.29. The molecule has 0 saturated carbocycles. The molecule has 7 aromatic rings. The largest absolute Gasteiger partial charge is 0.294 e. The van der Waals surface area contributed by atoms with Crippen LogP contribution >= 0.6 is 0 Å². The number of fused-ring (bicyclic) bond motifs is 4. The topological polar surface area (TPSA) is 52.0 Å². The van der Waals surface area contributed by atoms with Crippen molar-refractivity contribution in [2.24, 2.45) is 0 Å². The second-order valence-corrected chi connectivity index (χ2v) is 12.1. The zero-order valence-corrected chi connectivity index (χ0v) is 22.6. The summed E-state index contributed by atoms with van der Waals surface area (Å²) >= 11 is 0. The molecule has 0 aliphatic carbocycles.